The van der Waals surface area contributed by atoms with Gasteiger partial charge in [-0.05, 0) is 6.42 Å². The number of rotatable bonds is 6. The van der Waals surface area contributed by atoms with Gasteiger partial charge in [-0.1, -0.05) is 5.16 Å². The average molecular weight is 277 g/mol. The van der Waals surface area contributed by atoms with E-state index in [1.54, 1.807) is 0 Å². The molecule has 0 bridgehead atoms. The molecule has 0 saturated carbocycles. The molecule has 100 valence electrons. The molecular weight excluding hydrogens is 266 g/mol. The lowest BCUT2D eigenvalue weighted by Crippen LogP contribution is -2.27. The topological polar surface area (TPSA) is 153 Å². The highest BCUT2D eigenvalue weighted by Crippen LogP contribution is 2.03. The van der Waals surface area contributed by atoms with Gasteiger partial charge in [-0.25, -0.2) is 18.4 Å². The predicted octanol–water partition coefficient (Wildman–Crippen LogP) is -1.22. The number of amides is 1. The second kappa shape index (κ2) is 5.60. The third kappa shape index (κ3) is 4.51. The van der Waals surface area contributed by atoms with Gasteiger partial charge in [0.1, 0.15) is 0 Å². The first-order valence-corrected chi connectivity index (χ1v) is 6.50. The summed E-state index contributed by atoms with van der Waals surface area (Å²) < 4.78 is 25.6. The first-order valence-electron chi connectivity index (χ1n) is 4.78. The number of nitrogens with one attached hydrogen (secondary N) is 1. The van der Waals surface area contributed by atoms with E-state index in [1.807, 2.05) is 0 Å². The van der Waals surface area contributed by atoms with Gasteiger partial charge in [0.15, 0.2) is 5.69 Å². The average Bonchev–Trinajstić information content (AvgIpc) is 2.72. The van der Waals surface area contributed by atoms with Crippen LogP contribution in [0.4, 0.5) is 0 Å². The Balaban J connectivity index is 2.43. The van der Waals surface area contributed by atoms with Crippen LogP contribution in [0.15, 0.2) is 10.6 Å². The monoisotopic (exact) mass is 277 g/mol. The number of aromatic carboxylic acids is 1. The van der Waals surface area contributed by atoms with Crippen LogP contribution < -0.4 is 10.5 Å². The van der Waals surface area contributed by atoms with E-state index in [9.17, 15) is 18.0 Å². The van der Waals surface area contributed by atoms with Crippen molar-refractivity contribution in [2.45, 2.75) is 6.42 Å². The van der Waals surface area contributed by atoms with Crippen molar-refractivity contribution in [2.75, 3.05) is 12.3 Å². The fourth-order valence-corrected chi connectivity index (χ4v) is 1.60. The number of hydrogen-bond acceptors (Lipinski definition) is 6. The molecule has 18 heavy (non-hydrogen) atoms. The van der Waals surface area contributed by atoms with Crippen LogP contribution in [0, 0.1) is 0 Å². The highest BCUT2D eigenvalue weighted by atomic mass is 32.2. The van der Waals surface area contributed by atoms with Crippen LogP contribution in [0.3, 0.4) is 0 Å². The molecule has 0 aliphatic rings. The zero-order valence-corrected chi connectivity index (χ0v) is 9.94. The second-order valence-electron chi connectivity index (χ2n) is 3.36. The number of carbonyl (C=O) groups is 2. The van der Waals surface area contributed by atoms with Gasteiger partial charge in [-0.15, -0.1) is 0 Å². The fourth-order valence-electron chi connectivity index (χ4n) is 1.05. The van der Waals surface area contributed by atoms with Crippen LogP contribution in [-0.4, -0.2) is 42.9 Å². The minimum atomic E-state index is -3.56. The summed E-state index contributed by atoms with van der Waals surface area (Å²) in [4.78, 5) is 21.9. The summed E-state index contributed by atoms with van der Waals surface area (Å²) >= 11 is 0. The summed E-state index contributed by atoms with van der Waals surface area (Å²) in [6.45, 7) is 0.0739. The molecule has 4 N–H and O–H groups in total. The number of carboxylic acids is 1. The maximum absolute atomic E-state index is 11.4. The number of nitrogens with zero attached hydrogens (tertiary/aromatic N) is 1. The molecule has 0 atom stereocenters. The highest BCUT2D eigenvalue weighted by molar-refractivity contribution is 7.89. The normalized spacial score (nSPS) is 11.2. The van der Waals surface area contributed by atoms with Gasteiger partial charge in [-0.2, -0.15) is 0 Å². The second-order valence-corrected chi connectivity index (χ2v) is 5.09. The highest BCUT2D eigenvalue weighted by Gasteiger charge is 2.16. The van der Waals surface area contributed by atoms with E-state index in [1.165, 1.54) is 0 Å². The quantitative estimate of drug-likeness (QED) is 0.551. The van der Waals surface area contributed by atoms with Crippen LogP contribution in [0.2, 0.25) is 0 Å². The zero-order chi connectivity index (χ0) is 13.8. The first-order chi connectivity index (χ1) is 8.29. The van der Waals surface area contributed by atoms with Crippen molar-refractivity contribution in [2.24, 2.45) is 5.14 Å². The van der Waals surface area contributed by atoms with Crippen LogP contribution in [0.1, 0.15) is 27.5 Å². The molecule has 0 unspecified atom stereocenters. The number of carbonyl (C=O) groups excluding carboxylic acids is 1. The van der Waals surface area contributed by atoms with Gasteiger partial charge in [0.05, 0.1) is 5.75 Å². The summed E-state index contributed by atoms with van der Waals surface area (Å²) in [5.41, 5.74) is -0.192. The van der Waals surface area contributed by atoms with Crippen molar-refractivity contribution < 1.29 is 27.6 Å². The number of aromatic nitrogens is 1. The Bertz CT molecular complexity index is 549. The van der Waals surface area contributed by atoms with Crippen molar-refractivity contribution in [3.8, 4) is 0 Å². The maximum atomic E-state index is 11.4. The Morgan fingerprint density at radius 3 is 2.67 bits per heavy atom. The van der Waals surface area contributed by atoms with Crippen LogP contribution in [-0.2, 0) is 10.0 Å². The molecule has 0 fully saturated rings. The van der Waals surface area contributed by atoms with Crippen molar-refractivity contribution in [1.29, 1.82) is 0 Å². The predicted molar refractivity (Wildman–Crippen MR) is 58.4 cm³/mol. The summed E-state index contributed by atoms with van der Waals surface area (Å²) in [6.07, 6.45) is 0.147. The van der Waals surface area contributed by atoms with Gasteiger partial charge in [0, 0.05) is 12.6 Å². The molecule has 0 spiro atoms. The van der Waals surface area contributed by atoms with E-state index in [-0.39, 0.29) is 24.4 Å². The van der Waals surface area contributed by atoms with Crippen LogP contribution >= 0.6 is 0 Å². The molecule has 1 amide bonds. The Labute approximate surface area is 102 Å². The molecule has 9 nitrogen and oxygen atoms in total. The Kier molecular flexibility index (Phi) is 4.39. The molecule has 10 heteroatoms. The molecule has 1 rings (SSSR count). The van der Waals surface area contributed by atoms with E-state index in [2.05, 4.69) is 15.0 Å². The number of nitrogens with two attached hydrogens (primary N) is 1. The van der Waals surface area contributed by atoms with Gasteiger partial charge in [0.2, 0.25) is 15.8 Å². The first kappa shape index (κ1) is 14.1. The van der Waals surface area contributed by atoms with E-state index < -0.39 is 27.7 Å². The van der Waals surface area contributed by atoms with Gasteiger partial charge >= 0.3 is 5.97 Å². The Morgan fingerprint density at radius 2 is 2.17 bits per heavy atom. The number of carboxylic acid groups (broad SMARTS) is 1. The van der Waals surface area contributed by atoms with Gasteiger partial charge in [-0.3, -0.25) is 4.79 Å². The summed E-state index contributed by atoms with van der Waals surface area (Å²) in [5, 5.41) is 18.9. The van der Waals surface area contributed by atoms with E-state index in [4.69, 9.17) is 10.2 Å². The summed E-state index contributed by atoms with van der Waals surface area (Å²) in [5.74, 6) is -2.70. The van der Waals surface area contributed by atoms with Crippen molar-refractivity contribution in [1.82, 2.24) is 10.5 Å². The number of primary sulfonamides is 1. The lowest BCUT2D eigenvalue weighted by molar-refractivity contribution is 0.0651. The molecule has 0 saturated heterocycles. The minimum Gasteiger partial charge on any atom is -0.475 e. The summed E-state index contributed by atoms with van der Waals surface area (Å²) in [6, 6.07) is 0.970. The van der Waals surface area contributed by atoms with E-state index in [0.29, 0.717) is 0 Å². The fraction of sp³-hybridized carbons (Fsp3) is 0.375. The standard InChI is InChI=1S/C8H11N3O6S/c9-18(15,16)3-1-2-10-7(12)5-4-6(8(13)14)17-11-5/h4H,1-3H2,(H,10,12)(H,13,14)(H2,9,15,16). The van der Waals surface area contributed by atoms with Gasteiger partial charge < -0.3 is 14.9 Å². The van der Waals surface area contributed by atoms with Gasteiger partial charge in [0.25, 0.3) is 5.91 Å². The zero-order valence-electron chi connectivity index (χ0n) is 9.12. The number of sulfonamides is 1. The largest absolute Gasteiger partial charge is 0.475 e. The lowest BCUT2D eigenvalue weighted by Gasteiger charge is -2.01. The van der Waals surface area contributed by atoms with Crippen molar-refractivity contribution in [3.05, 3.63) is 17.5 Å². The molecular formula is C8H11N3O6S. The van der Waals surface area contributed by atoms with Crippen LogP contribution in [0.25, 0.3) is 0 Å². The molecule has 1 aromatic rings. The smallest absolute Gasteiger partial charge is 0.374 e. The summed E-state index contributed by atoms with van der Waals surface area (Å²) in [7, 11) is -3.56. The van der Waals surface area contributed by atoms with Crippen molar-refractivity contribution in [3.63, 3.8) is 0 Å². The van der Waals surface area contributed by atoms with Crippen molar-refractivity contribution >= 4 is 21.9 Å². The molecule has 0 aliphatic heterocycles. The number of hydrogen-bond donors (Lipinski definition) is 3. The lowest BCUT2D eigenvalue weighted by atomic mass is 10.3. The third-order valence-corrected chi connectivity index (χ3v) is 2.70. The minimum absolute atomic E-state index is 0.0739. The SMILES string of the molecule is NS(=O)(=O)CCCNC(=O)c1cc(C(=O)O)on1. The Hall–Kier alpha value is -1.94. The Morgan fingerprint density at radius 1 is 1.50 bits per heavy atom. The molecule has 0 radical (unpaired) electrons. The molecule has 0 aliphatic carbocycles. The third-order valence-electron chi connectivity index (χ3n) is 1.84. The molecule has 1 heterocycles. The van der Waals surface area contributed by atoms with Crippen LogP contribution in [0.5, 0.6) is 0 Å². The molecule has 0 aromatic carbocycles. The van der Waals surface area contributed by atoms with E-state index in [0.717, 1.165) is 6.07 Å². The maximum Gasteiger partial charge on any atom is 0.374 e. The molecule has 1 aromatic heterocycles. The van der Waals surface area contributed by atoms with E-state index >= 15 is 0 Å².